The van der Waals surface area contributed by atoms with E-state index in [-0.39, 0.29) is 18.8 Å². The van der Waals surface area contributed by atoms with E-state index in [2.05, 4.69) is 25.4 Å². The van der Waals surface area contributed by atoms with E-state index in [1.165, 1.54) is 0 Å². The summed E-state index contributed by atoms with van der Waals surface area (Å²) in [5.41, 5.74) is 1.47. The Morgan fingerprint density at radius 1 is 1.42 bits per heavy atom. The predicted octanol–water partition coefficient (Wildman–Crippen LogP) is 2.45. The van der Waals surface area contributed by atoms with Crippen molar-refractivity contribution in [2.24, 2.45) is 0 Å². The van der Waals surface area contributed by atoms with E-state index < -0.39 is 16.0 Å². The van der Waals surface area contributed by atoms with Gasteiger partial charge in [-0.05, 0) is 47.5 Å². The SMILES string of the molecule is CCOC(=O)CCS(=O)(=O)Nc1ccc(C)cc1Br. The summed E-state index contributed by atoms with van der Waals surface area (Å²) in [6, 6.07) is 5.28. The Labute approximate surface area is 121 Å². The Bertz CT molecular complexity index is 557. The number of esters is 1. The van der Waals surface area contributed by atoms with Crippen LogP contribution in [0.25, 0.3) is 0 Å². The number of hydrogen-bond acceptors (Lipinski definition) is 4. The van der Waals surface area contributed by atoms with Crippen molar-refractivity contribution in [2.75, 3.05) is 17.1 Å². The smallest absolute Gasteiger partial charge is 0.306 e. The Kier molecular flexibility index (Phi) is 5.81. The van der Waals surface area contributed by atoms with Gasteiger partial charge >= 0.3 is 5.97 Å². The zero-order valence-corrected chi connectivity index (χ0v) is 13.2. The van der Waals surface area contributed by atoms with Crippen LogP contribution in [0.1, 0.15) is 18.9 Å². The number of carbonyl (C=O) groups is 1. The molecule has 1 aromatic carbocycles. The molecule has 1 rings (SSSR count). The summed E-state index contributed by atoms with van der Waals surface area (Å²) >= 11 is 3.29. The summed E-state index contributed by atoms with van der Waals surface area (Å²) in [5.74, 6) is -0.817. The number of rotatable bonds is 6. The van der Waals surface area contributed by atoms with Crippen LogP contribution in [0.5, 0.6) is 0 Å². The van der Waals surface area contributed by atoms with Gasteiger partial charge in [0, 0.05) is 4.47 Å². The summed E-state index contributed by atoms with van der Waals surface area (Å²) in [5, 5.41) is 0. The van der Waals surface area contributed by atoms with Gasteiger partial charge in [-0.3, -0.25) is 9.52 Å². The van der Waals surface area contributed by atoms with Crippen molar-refractivity contribution in [3.63, 3.8) is 0 Å². The molecule has 0 fully saturated rings. The van der Waals surface area contributed by atoms with Crippen molar-refractivity contribution < 1.29 is 17.9 Å². The van der Waals surface area contributed by atoms with Crippen LogP contribution in [0.3, 0.4) is 0 Å². The second-order valence-corrected chi connectivity index (χ2v) is 6.66. The fourth-order valence-electron chi connectivity index (χ4n) is 1.37. The summed E-state index contributed by atoms with van der Waals surface area (Å²) in [4.78, 5) is 11.1. The monoisotopic (exact) mass is 349 g/mol. The van der Waals surface area contributed by atoms with Crippen LogP contribution in [-0.4, -0.2) is 26.7 Å². The molecule has 0 aliphatic heterocycles. The number of sulfonamides is 1. The number of halogens is 1. The maximum Gasteiger partial charge on any atom is 0.306 e. The Balaban J connectivity index is 2.66. The van der Waals surface area contributed by atoms with Gasteiger partial charge in [0.2, 0.25) is 10.0 Å². The lowest BCUT2D eigenvalue weighted by molar-refractivity contribution is -0.142. The van der Waals surface area contributed by atoms with Gasteiger partial charge in [-0.25, -0.2) is 8.42 Å². The zero-order chi connectivity index (χ0) is 14.5. The molecule has 7 heteroatoms. The minimum Gasteiger partial charge on any atom is -0.466 e. The van der Waals surface area contributed by atoms with Gasteiger partial charge in [-0.15, -0.1) is 0 Å². The lowest BCUT2D eigenvalue weighted by Crippen LogP contribution is -2.20. The molecular formula is C12H16BrNO4S. The molecule has 0 aliphatic rings. The number of aryl methyl sites for hydroxylation is 1. The molecule has 0 saturated heterocycles. The number of benzene rings is 1. The lowest BCUT2D eigenvalue weighted by Gasteiger charge is -2.10. The second-order valence-electron chi connectivity index (χ2n) is 3.96. The van der Waals surface area contributed by atoms with Gasteiger partial charge in [0.25, 0.3) is 0 Å². The number of ether oxygens (including phenoxy) is 1. The molecule has 0 heterocycles. The first kappa shape index (κ1) is 16.0. The van der Waals surface area contributed by atoms with Crippen LogP contribution in [0.2, 0.25) is 0 Å². The van der Waals surface area contributed by atoms with E-state index in [0.29, 0.717) is 10.2 Å². The van der Waals surface area contributed by atoms with Crippen molar-refractivity contribution in [2.45, 2.75) is 20.3 Å². The summed E-state index contributed by atoms with van der Waals surface area (Å²) in [6.45, 7) is 3.83. The first-order valence-electron chi connectivity index (χ1n) is 5.76. The van der Waals surface area contributed by atoms with Gasteiger partial charge in [0.15, 0.2) is 0 Å². The number of hydrogen-bond donors (Lipinski definition) is 1. The second kappa shape index (κ2) is 6.91. The number of nitrogens with one attached hydrogen (secondary N) is 1. The highest BCUT2D eigenvalue weighted by Crippen LogP contribution is 2.24. The molecule has 5 nitrogen and oxygen atoms in total. The molecule has 106 valence electrons. The minimum absolute atomic E-state index is 0.160. The van der Waals surface area contributed by atoms with Gasteiger partial charge in [-0.2, -0.15) is 0 Å². The van der Waals surface area contributed by atoms with Crippen LogP contribution in [0.15, 0.2) is 22.7 Å². The minimum atomic E-state index is -3.56. The normalized spacial score (nSPS) is 11.1. The Morgan fingerprint density at radius 2 is 2.11 bits per heavy atom. The fraction of sp³-hybridized carbons (Fsp3) is 0.417. The first-order valence-corrected chi connectivity index (χ1v) is 8.21. The van der Waals surface area contributed by atoms with E-state index in [4.69, 9.17) is 0 Å². The average molecular weight is 350 g/mol. The fourth-order valence-corrected chi connectivity index (χ4v) is 3.15. The van der Waals surface area contributed by atoms with Crippen LogP contribution >= 0.6 is 15.9 Å². The molecular weight excluding hydrogens is 334 g/mol. The Hall–Kier alpha value is -1.08. The molecule has 1 aromatic rings. The van der Waals surface area contributed by atoms with Gasteiger partial charge < -0.3 is 4.74 Å². The molecule has 0 atom stereocenters. The maximum atomic E-state index is 11.8. The molecule has 19 heavy (non-hydrogen) atoms. The van der Waals surface area contributed by atoms with Crippen molar-refractivity contribution in [3.05, 3.63) is 28.2 Å². The number of anilines is 1. The molecule has 0 spiro atoms. The Morgan fingerprint density at radius 3 is 2.68 bits per heavy atom. The van der Waals surface area contributed by atoms with Crippen LogP contribution in [-0.2, 0) is 19.6 Å². The van der Waals surface area contributed by atoms with E-state index in [1.807, 2.05) is 13.0 Å². The standard InChI is InChI=1S/C12H16BrNO4S/c1-3-18-12(15)6-7-19(16,17)14-11-5-4-9(2)8-10(11)13/h4-5,8,14H,3,6-7H2,1-2H3. The van der Waals surface area contributed by atoms with Crippen LogP contribution in [0, 0.1) is 6.92 Å². The molecule has 0 unspecified atom stereocenters. The maximum absolute atomic E-state index is 11.8. The largest absolute Gasteiger partial charge is 0.466 e. The third-order valence-corrected chi connectivity index (χ3v) is 4.20. The van der Waals surface area contributed by atoms with Crippen LogP contribution < -0.4 is 4.72 Å². The molecule has 0 bridgehead atoms. The molecule has 0 aromatic heterocycles. The average Bonchev–Trinajstić information content (AvgIpc) is 2.31. The van der Waals surface area contributed by atoms with Crippen molar-refractivity contribution >= 4 is 37.6 Å². The predicted molar refractivity (Wildman–Crippen MR) is 77.5 cm³/mol. The number of carbonyl (C=O) groups excluding carboxylic acids is 1. The highest BCUT2D eigenvalue weighted by atomic mass is 79.9. The highest BCUT2D eigenvalue weighted by molar-refractivity contribution is 9.10. The highest BCUT2D eigenvalue weighted by Gasteiger charge is 2.15. The van der Waals surface area contributed by atoms with Gasteiger partial charge in [-0.1, -0.05) is 6.07 Å². The van der Waals surface area contributed by atoms with E-state index in [9.17, 15) is 13.2 Å². The topological polar surface area (TPSA) is 72.5 Å². The summed E-state index contributed by atoms with van der Waals surface area (Å²) in [7, 11) is -3.56. The van der Waals surface area contributed by atoms with Crippen molar-refractivity contribution in [1.82, 2.24) is 0 Å². The third-order valence-electron chi connectivity index (χ3n) is 2.27. The quantitative estimate of drug-likeness (QED) is 0.800. The summed E-state index contributed by atoms with van der Waals surface area (Å²) in [6.07, 6.45) is -0.160. The van der Waals surface area contributed by atoms with Crippen molar-refractivity contribution in [3.8, 4) is 0 Å². The zero-order valence-electron chi connectivity index (χ0n) is 10.8. The van der Waals surface area contributed by atoms with E-state index >= 15 is 0 Å². The van der Waals surface area contributed by atoms with Crippen LogP contribution in [0.4, 0.5) is 5.69 Å². The molecule has 0 saturated carbocycles. The molecule has 0 radical (unpaired) electrons. The van der Waals surface area contributed by atoms with E-state index in [0.717, 1.165) is 5.56 Å². The van der Waals surface area contributed by atoms with Gasteiger partial charge in [0.1, 0.15) is 0 Å². The van der Waals surface area contributed by atoms with Crippen molar-refractivity contribution in [1.29, 1.82) is 0 Å². The molecule has 0 aliphatic carbocycles. The van der Waals surface area contributed by atoms with Gasteiger partial charge in [0.05, 0.1) is 24.5 Å². The third kappa shape index (κ3) is 5.61. The van der Waals surface area contributed by atoms with E-state index in [1.54, 1.807) is 19.1 Å². The first-order chi connectivity index (χ1) is 8.84. The lowest BCUT2D eigenvalue weighted by atomic mass is 10.2. The molecule has 0 amide bonds. The molecule has 1 N–H and O–H groups in total. The summed E-state index contributed by atoms with van der Waals surface area (Å²) < 4.78 is 31.4.